The average molecular weight is 284 g/mol. The molecule has 3 rings (SSSR count). The Kier molecular flexibility index (Phi) is 3.60. The number of aromatic nitrogens is 4. The van der Waals surface area contributed by atoms with Gasteiger partial charge in [0.15, 0.2) is 0 Å². The molecule has 0 N–H and O–H groups in total. The first-order chi connectivity index (χ1) is 9.76. The predicted octanol–water partition coefficient (Wildman–Crippen LogP) is 3.15. The molecule has 0 radical (unpaired) electrons. The minimum absolute atomic E-state index is 0.751. The van der Waals surface area contributed by atoms with Crippen LogP contribution < -0.4 is 0 Å². The summed E-state index contributed by atoms with van der Waals surface area (Å²) in [6, 6.07) is 8.44. The number of imidazole rings is 2. The quantitative estimate of drug-likeness (QED) is 0.690. The van der Waals surface area contributed by atoms with Crippen LogP contribution in [0, 0.1) is 6.92 Å². The van der Waals surface area contributed by atoms with Crippen LogP contribution in [0.5, 0.6) is 0 Å². The van der Waals surface area contributed by atoms with Crippen molar-refractivity contribution in [2.24, 2.45) is 0 Å². The Labute approximate surface area is 122 Å². The second-order valence-corrected chi connectivity index (χ2v) is 5.46. The van der Waals surface area contributed by atoms with Gasteiger partial charge in [0.25, 0.3) is 0 Å². The van der Waals surface area contributed by atoms with E-state index in [0.29, 0.717) is 0 Å². The summed E-state index contributed by atoms with van der Waals surface area (Å²) in [5.74, 6) is 1.00. The molecule has 0 atom stereocenters. The van der Waals surface area contributed by atoms with E-state index in [1.807, 2.05) is 25.6 Å². The lowest BCUT2D eigenvalue weighted by Gasteiger charge is -2.04. The highest BCUT2D eigenvalue weighted by Crippen LogP contribution is 2.18. The van der Waals surface area contributed by atoms with Crippen LogP contribution in [0.25, 0.3) is 5.69 Å². The molecule has 0 amide bonds. The summed E-state index contributed by atoms with van der Waals surface area (Å²) in [5.41, 5.74) is 2.17. The van der Waals surface area contributed by atoms with Crippen molar-refractivity contribution in [1.82, 2.24) is 19.1 Å². The van der Waals surface area contributed by atoms with Gasteiger partial charge in [-0.2, -0.15) is 0 Å². The number of rotatable bonds is 4. The van der Waals surface area contributed by atoms with Crippen LogP contribution in [0.3, 0.4) is 0 Å². The van der Waals surface area contributed by atoms with Crippen LogP contribution in [0.2, 0.25) is 0 Å². The molecule has 0 bridgehead atoms. The molecule has 0 unspecified atom stereocenters. The van der Waals surface area contributed by atoms with Crippen molar-refractivity contribution in [1.29, 1.82) is 0 Å². The van der Waals surface area contributed by atoms with E-state index in [1.165, 1.54) is 4.90 Å². The van der Waals surface area contributed by atoms with Crippen LogP contribution in [0.1, 0.15) is 11.5 Å². The zero-order valence-corrected chi connectivity index (χ0v) is 12.3. The van der Waals surface area contributed by atoms with Crippen molar-refractivity contribution >= 4 is 11.8 Å². The molecule has 102 valence electrons. The van der Waals surface area contributed by atoms with E-state index in [2.05, 4.69) is 55.8 Å². The predicted molar refractivity (Wildman–Crippen MR) is 81.4 cm³/mol. The van der Waals surface area contributed by atoms with E-state index in [-0.39, 0.29) is 0 Å². The van der Waals surface area contributed by atoms with Gasteiger partial charge in [0.05, 0.1) is 18.6 Å². The number of aryl methyl sites for hydroxylation is 1. The van der Waals surface area contributed by atoms with Gasteiger partial charge < -0.3 is 9.13 Å². The van der Waals surface area contributed by atoms with Gasteiger partial charge in [0, 0.05) is 29.2 Å². The molecule has 0 spiro atoms. The minimum Gasteiger partial charge on any atom is -0.329 e. The maximum absolute atomic E-state index is 4.47. The maximum atomic E-state index is 4.47. The van der Waals surface area contributed by atoms with Gasteiger partial charge in [-0.15, -0.1) is 11.8 Å². The van der Waals surface area contributed by atoms with Crippen molar-refractivity contribution in [2.45, 2.75) is 18.4 Å². The molecule has 0 aliphatic heterocycles. The highest BCUT2D eigenvalue weighted by Gasteiger charge is 2.04. The van der Waals surface area contributed by atoms with Crippen LogP contribution in [0.4, 0.5) is 0 Å². The normalized spacial score (nSPS) is 10.9. The van der Waals surface area contributed by atoms with Crippen molar-refractivity contribution in [2.75, 3.05) is 6.26 Å². The lowest BCUT2D eigenvalue weighted by atomic mass is 10.3. The smallest absolute Gasteiger partial charge is 0.105 e. The summed E-state index contributed by atoms with van der Waals surface area (Å²) in [5, 5.41) is 0. The van der Waals surface area contributed by atoms with Gasteiger partial charge in [-0.05, 0) is 31.4 Å². The summed E-state index contributed by atoms with van der Waals surface area (Å²) in [6.07, 6.45) is 9.80. The first kappa shape index (κ1) is 13.0. The number of hydrogen-bond acceptors (Lipinski definition) is 3. The van der Waals surface area contributed by atoms with Gasteiger partial charge in [0.2, 0.25) is 0 Å². The lowest BCUT2D eigenvalue weighted by molar-refractivity contribution is 0.746. The Balaban J connectivity index is 1.84. The molecule has 0 aliphatic rings. The molecule has 3 aromatic rings. The van der Waals surface area contributed by atoms with Gasteiger partial charge in [-0.3, -0.25) is 0 Å². The highest BCUT2D eigenvalue weighted by molar-refractivity contribution is 7.98. The van der Waals surface area contributed by atoms with Gasteiger partial charge in [-0.1, -0.05) is 6.07 Å². The van der Waals surface area contributed by atoms with Crippen molar-refractivity contribution in [3.05, 3.63) is 60.7 Å². The van der Waals surface area contributed by atoms with E-state index in [9.17, 15) is 0 Å². The van der Waals surface area contributed by atoms with Gasteiger partial charge >= 0.3 is 0 Å². The number of benzene rings is 1. The average Bonchev–Trinajstić information content (AvgIpc) is 3.10. The third-order valence-electron chi connectivity index (χ3n) is 3.24. The molecule has 4 nitrogen and oxygen atoms in total. The zero-order valence-electron chi connectivity index (χ0n) is 11.5. The van der Waals surface area contributed by atoms with Gasteiger partial charge in [-0.25, -0.2) is 9.97 Å². The number of thioether (sulfide) groups is 1. The lowest BCUT2D eigenvalue weighted by Crippen LogP contribution is -2.00. The zero-order chi connectivity index (χ0) is 13.9. The van der Waals surface area contributed by atoms with Crippen LogP contribution in [-0.4, -0.2) is 25.4 Å². The van der Waals surface area contributed by atoms with Crippen LogP contribution in [0.15, 0.2) is 54.1 Å². The van der Waals surface area contributed by atoms with E-state index in [0.717, 1.165) is 23.8 Å². The molecule has 20 heavy (non-hydrogen) atoms. The SMILES string of the molecule is CSc1cccc(-n2cnc(Cn3ccnc3C)c2)c1. The van der Waals surface area contributed by atoms with Crippen molar-refractivity contribution in [3.8, 4) is 5.69 Å². The molecule has 2 heterocycles. The van der Waals surface area contributed by atoms with E-state index >= 15 is 0 Å². The topological polar surface area (TPSA) is 35.6 Å². The Morgan fingerprint density at radius 1 is 1.25 bits per heavy atom. The molecular weight excluding hydrogens is 268 g/mol. The molecule has 0 saturated carbocycles. The Hall–Kier alpha value is -2.01. The van der Waals surface area contributed by atoms with Crippen molar-refractivity contribution < 1.29 is 0 Å². The Morgan fingerprint density at radius 2 is 2.15 bits per heavy atom. The molecule has 0 fully saturated rings. The fourth-order valence-electron chi connectivity index (χ4n) is 2.10. The first-order valence-electron chi connectivity index (χ1n) is 6.41. The van der Waals surface area contributed by atoms with E-state index < -0.39 is 0 Å². The van der Waals surface area contributed by atoms with E-state index in [4.69, 9.17) is 0 Å². The van der Waals surface area contributed by atoms with Crippen LogP contribution >= 0.6 is 11.8 Å². The fourth-order valence-corrected chi connectivity index (χ4v) is 2.56. The molecule has 2 aromatic heterocycles. The van der Waals surface area contributed by atoms with Crippen molar-refractivity contribution in [3.63, 3.8) is 0 Å². The first-order valence-corrected chi connectivity index (χ1v) is 7.64. The summed E-state index contributed by atoms with van der Waals surface area (Å²) in [6.45, 7) is 2.75. The molecule has 1 aromatic carbocycles. The Morgan fingerprint density at radius 3 is 2.90 bits per heavy atom. The standard InChI is InChI=1S/C15H16N4S/c1-12-16-6-7-18(12)9-13-10-19(11-17-13)14-4-3-5-15(8-14)20-2/h3-8,10-11H,9H2,1-2H3. The highest BCUT2D eigenvalue weighted by atomic mass is 32.2. The summed E-state index contributed by atoms with van der Waals surface area (Å²) < 4.78 is 4.15. The summed E-state index contributed by atoms with van der Waals surface area (Å²) >= 11 is 1.74. The van der Waals surface area contributed by atoms with Gasteiger partial charge in [0.1, 0.15) is 5.82 Å². The minimum atomic E-state index is 0.751. The third kappa shape index (κ3) is 2.63. The maximum Gasteiger partial charge on any atom is 0.105 e. The van der Waals surface area contributed by atoms with Crippen LogP contribution in [-0.2, 0) is 6.54 Å². The second-order valence-electron chi connectivity index (χ2n) is 4.58. The summed E-state index contributed by atoms with van der Waals surface area (Å²) in [7, 11) is 0. The summed E-state index contributed by atoms with van der Waals surface area (Å²) in [4.78, 5) is 9.95. The monoisotopic (exact) mass is 284 g/mol. The second kappa shape index (κ2) is 5.54. The Bertz CT molecular complexity index is 714. The molecule has 0 aliphatic carbocycles. The number of hydrogen-bond donors (Lipinski definition) is 0. The third-order valence-corrected chi connectivity index (χ3v) is 3.97. The largest absolute Gasteiger partial charge is 0.329 e. The van der Waals surface area contributed by atoms with E-state index in [1.54, 1.807) is 11.8 Å². The molecule has 5 heteroatoms. The fraction of sp³-hybridized carbons (Fsp3) is 0.200. The molecule has 0 saturated heterocycles. The molecular formula is C15H16N4S. The number of nitrogens with zero attached hydrogens (tertiary/aromatic N) is 4.